The summed E-state index contributed by atoms with van der Waals surface area (Å²) in [4.78, 5) is 24.2. The lowest BCUT2D eigenvalue weighted by Gasteiger charge is -2.16. The highest BCUT2D eigenvalue weighted by molar-refractivity contribution is 6.33. The van der Waals surface area contributed by atoms with E-state index in [0.717, 1.165) is 16.7 Å². The molecule has 0 aliphatic rings. The molecule has 29 heavy (non-hydrogen) atoms. The molecule has 3 aromatic rings. The number of carboxylic acids is 1. The van der Waals surface area contributed by atoms with Gasteiger partial charge in [0.15, 0.2) is 0 Å². The number of carboxylic acid groups (broad SMARTS) is 1. The highest BCUT2D eigenvalue weighted by Gasteiger charge is 2.22. The summed E-state index contributed by atoms with van der Waals surface area (Å²) in [7, 11) is 0. The van der Waals surface area contributed by atoms with Gasteiger partial charge < -0.3 is 10.4 Å². The van der Waals surface area contributed by atoms with Crippen LogP contribution >= 0.6 is 11.6 Å². The van der Waals surface area contributed by atoms with Crippen LogP contribution in [0.25, 0.3) is 16.7 Å². The average Bonchev–Trinajstić information content (AvgIpc) is 2.74. The number of amides is 1. The molecule has 0 saturated heterocycles. The second kappa shape index (κ2) is 9.22. The molecule has 4 nitrogen and oxygen atoms in total. The molecule has 0 aliphatic carbocycles. The topological polar surface area (TPSA) is 66.4 Å². The fraction of sp³-hybridized carbons (Fsp3) is 0.0833. The molecule has 0 spiro atoms. The van der Waals surface area contributed by atoms with Gasteiger partial charge in [0, 0.05) is 22.6 Å². The molecule has 146 valence electrons. The van der Waals surface area contributed by atoms with E-state index in [1.807, 2.05) is 48.5 Å². The Balaban J connectivity index is 1.71. The van der Waals surface area contributed by atoms with Crippen LogP contribution in [0.5, 0.6) is 0 Å². The summed E-state index contributed by atoms with van der Waals surface area (Å²) in [5, 5.41) is 12.7. The van der Waals surface area contributed by atoms with Crippen LogP contribution in [-0.2, 0) is 4.79 Å². The van der Waals surface area contributed by atoms with Crippen molar-refractivity contribution in [2.75, 3.05) is 0 Å². The van der Waals surface area contributed by atoms with Crippen molar-refractivity contribution in [3.05, 3.63) is 102 Å². The Hall–Kier alpha value is -3.37. The van der Waals surface area contributed by atoms with E-state index in [0.29, 0.717) is 16.2 Å². The van der Waals surface area contributed by atoms with Gasteiger partial charge in [0.05, 0.1) is 0 Å². The maximum atomic E-state index is 12.6. The van der Waals surface area contributed by atoms with Crippen molar-refractivity contribution in [3.8, 4) is 11.1 Å². The third-order valence-electron chi connectivity index (χ3n) is 4.57. The number of rotatable bonds is 7. The third kappa shape index (κ3) is 5.12. The van der Waals surface area contributed by atoms with E-state index in [2.05, 4.69) is 11.9 Å². The average molecular weight is 406 g/mol. The van der Waals surface area contributed by atoms with Crippen LogP contribution in [0, 0.1) is 0 Å². The Kier molecular flexibility index (Phi) is 6.47. The van der Waals surface area contributed by atoms with E-state index in [1.54, 1.807) is 30.3 Å². The monoisotopic (exact) mass is 405 g/mol. The molecular weight excluding hydrogens is 386 g/mol. The summed E-state index contributed by atoms with van der Waals surface area (Å²) in [6.45, 7) is 3.95. The first kappa shape index (κ1) is 20.4. The summed E-state index contributed by atoms with van der Waals surface area (Å²) < 4.78 is 0. The summed E-state index contributed by atoms with van der Waals surface area (Å²) in [5.41, 5.74) is 3.60. The number of benzene rings is 3. The summed E-state index contributed by atoms with van der Waals surface area (Å²) in [6, 6.07) is 22.5. The Morgan fingerprint density at radius 1 is 0.897 bits per heavy atom. The number of carbonyl (C=O) groups excluding carboxylic acids is 1. The molecule has 1 amide bonds. The van der Waals surface area contributed by atoms with Gasteiger partial charge in [0.1, 0.15) is 6.04 Å². The molecule has 0 radical (unpaired) electrons. The normalized spacial score (nSPS) is 11.5. The van der Waals surface area contributed by atoms with E-state index in [-0.39, 0.29) is 6.42 Å². The van der Waals surface area contributed by atoms with Crippen molar-refractivity contribution in [2.24, 2.45) is 0 Å². The number of hydrogen-bond acceptors (Lipinski definition) is 2. The zero-order chi connectivity index (χ0) is 20.8. The van der Waals surface area contributed by atoms with Crippen molar-refractivity contribution in [1.29, 1.82) is 0 Å². The first-order valence-corrected chi connectivity index (χ1v) is 9.45. The van der Waals surface area contributed by atoms with Crippen LogP contribution in [-0.4, -0.2) is 23.0 Å². The molecule has 0 saturated carbocycles. The van der Waals surface area contributed by atoms with Crippen LogP contribution in [0.2, 0.25) is 5.02 Å². The molecule has 3 rings (SSSR count). The molecule has 0 bridgehead atoms. The first-order valence-electron chi connectivity index (χ1n) is 9.07. The summed E-state index contributed by atoms with van der Waals surface area (Å²) >= 11 is 6.21. The zero-order valence-electron chi connectivity index (χ0n) is 15.6. The van der Waals surface area contributed by atoms with Gasteiger partial charge in [-0.15, -0.1) is 0 Å². The standard InChI is InChI=1S/C24H20ClNO3/c1-16(17-7-3-2-4-8-17)15-22(24(28)29)26-23(27)19-13-11-18(12-14-19)20-9-5-6-10-21(20)25/h2-14,22H,1,15H2,(H,26,27)(H,28,29)/t22-/m0/s1. The minimum Gasteiger partial charge on any atom is -0.480 e. The predicted octanol–water partition coefficient (Wildman–Crippen LogP) is 5.29. The summed E-state index contributed by atoms with van der Waals surface area (Å²) in [6.07, 6.45) is 0.114. The lowest BCUT2D eigenvalue weighted by Crippen LogP contribution is -2.40. The maximum Gasteiger partial charge on any atom is 0.326 e. The van der Waals surface area contributed by atoms with Crippen molar-refractivity contribution in [3.63, 3.8) is 0 Å². The zero-order valence-corrected chi connectivity index (χ0v) is 16.4. The van der Waals surface area contributed by atoms with Gasteiger partial charge >= 0.3 is 5.97 Å². The number of hydrogen-bond donors (Lipinski definition) is 2. The molecule has 0 aliphatic heterocycles. The van der Waals surface area contributed by atoms with Crippen LogP contribution in [0.1, 0.15) is 22.3 Å². The van der Waals surface area contributed by atoms with Gasteiger partial charge in [-0.05, 0) is 34.9 Å². The molecule has 0 fully saturated rings. The van der Waals surface area contributed by atoms with Crippen molar-refractivity contribution < 1.29 is 14.7 Å². The highest BCUT2D eigenvalue weighted by atomic mass is 35.5. The van der Waals surface area contributed by atoms with Crippen LogP contribution in [0.15, 0.2) is 85.4 Å². The Bertz CT molecular complexity index is 1030. The van der Waals surface area contributed by atoms with E-state index in [4.69, 9.17) is 11.6 Å². The molecule has 3 aromatic carbocycles. The van der Waals surface area contributed by atoms with Crippen LogP contribution < -0.4 is 5.32 Å². The molecular formula is C24H20ClNO3. The lowest BCUT2D eigenvalue weighted by atomic mass is 9.99. The molecule has 5 heteroatoms. The molecule has 1 atom stereocenters. The predicted molar refractivity (Wildman–Crippen MR) is 116 cm³/mol. The van der Waals surface area contributed by atoms with Crippen LogP contribution in [0.4, 0.5) is 0 Å². The second-order valence-corrected chi connectivity index (χ2v) is 7.00. The quantitative estimate of drug-likeness (QED) is 0.561. The Morgan fingerprint density at radius 2 is 1.52 bits per heavy atom. The summed E-state index contributed by atoms with van der Waals surface area (Å²) in [5.74, 6) is -1.56. The number of carbonyl (C=O) groups is 2. The van der Waals surface area contributed by atoms with E-state index < -0.39 is 17.9 Å². The van der Waals surface area contributed by atoms with E-state index >= 15 is 0 Å². The fourth-order valence-corrected chi connectivity index (χ4v) is 3.22. The molecule has 0 aromatic heterocycles. The molecule has 0 unspecified atom stereocenters. The lowest BCUT2D eigenvalue weighted by molar-refractivity contribution is -0.139. The Labute approximate surface area is 174 Å². The van der Waals surface area contributed by atoms with Gasteiger partial charge in [-0.25, -0.2) is 4.79 Å². The maximum absolute atomic E-state index is 12.6. The van der Waals surface area contributed by atoms with E-state index in [9.17, 15) is 14.7 Å². The third-order valence-corrected chi connectivity index (χ3v) is 4.90. The van der Waals surface area contributed by atoms with Crippen molar-refractivity contribution in [2.45, 2.75) is 12.5 Å². The smallest absolute Gasteiger partial charge is 0.326 e. The number of halogens is 1. The van der Waals surface area contributed by atoms with Gasteiger partial charge in [0.2, 0.25) is 0 Å². The van der Waals surface area contributed by atoms with Gasteiger partial charge in [-0.1, -0.05) is 78.8 Å². The fourth-order valence-electron chi connectivity index (χ4n) is 2.98. The SMILES string of the molecule is C=C(C[C@H](NC(=O)c1ccc(-c2ccccc2Cl)cc1)C(=O)O)c1ccccc1. The minimum atomic E-state index is -1.11. The highest BCUT2D eigenvalue weighted by Crippen LogP contribution is 2.27. The first-order chi connectivity index (χ1) is 14.0. The van der Waals surface area contributed by atoms with Crippen LogP contribution in [0.3, 0.4) is 0 Å². The number of aliphatic carboxylic acids is 1. The van der Waals surface area contributed by atoms with E-state index in [1.165, 1.54) is 0 Å². The van der Waals surface area contributed by atoms with Crippen molar-refractivity contribution >= 4 is 29.1 Å². The number of nitrogens with one attached hydrogen (secondary N) is 1. The molecule has 2 N–H and O–H groups in total. The molecule has 0 heterocycles. The van der Waals surface area contributed by atoms with Gasteiger partial charge in [-0.3, -0.25) is 4.79 Å². The minimum absolute atomic E-state index is 0.114. The van der Waals surface area contributed by atoms with Gasteiger partial charge in [0.25, 0.3) is 5.91 Å². The second-order valence-electron chi connectivity index (χ2n) is 6.60. The Morgan fingerprint density at radius 3 is 2.14 bits per heavy atom. The van der Waals surface area contributed by atoms with Crippen molar-refractivity contribution in [1.82, 2.24) is 5.32 Å². The van der Waals surface area contributed by atoms with Gasteiger partial charge in [-0.2, -0.15) is 0 Å². The largest absolute Gasteiger partial charge is 0.480 e.